The molecule has 2 heterocycles. The molecule has 0 bridgehead atoms. The molecule has 0 radical (unpaired) electrons. The van der Waals surface area contributed by atoms with E-state index < -0.39 is 0 Å². The van der Waals surface area contributed by atoms with E-state index >= 15 is 0 Å². The molecule has 2 N–H and O–H groups in total. The predicted molar refractivity (Wildman–Crippen MR) is 91.7 cm³/mol. The number of nitrogens with one attached hydrogen (secondary N) is 2. The summed E-state index contributed by atoms with van der Waals surface area (Å²) in [6.45, 7) is 6.03. The minimum absolute atomic E-state index is 0. The SMILES string of the molecule is CC(C)NCCNc1ncnc2c1ncn2C1CCCC1.Cl. The fourth-order valence-corrected chi connectivity index (χ4v) is 2.97. The molecule has 2 aromatic rings. The van der Waals surface area contributed by atoms with Crippen LogP contribution in [0.15, 0.2) is 12.7 Å². The second kappa shape index (κ2) is 7.74. The van der Waals surface area contributed by atoms with Crippen molar-refractivity contribution in [2.45, 2.75) is 51.6 Å². The Morgan fingerprint density at radius 1 is 1.18 bits per heavy atom. The van der Waals surface area contributed by atoms with Gasteiger partial charge in [-0.05, 0) is 12.8 Å². The molecule has 0 saturated heterocycles. The standard InChI is InChI=1S/C15H24N6.ClH/c1-11(2)16-7-8-17-14-13-15(19-9-18-14)21(10-20-13)12-5-3-4-6-12;/h9-12,16H,3-8H2,1-2H3,(H,17,18,19);1H. The third kappa shape index (κ3) is 3.67. The lowest BCUT2D eigenvalue weighted by molar-refractivity contribution is 0.529. The lowest BCUT2D eigenvalue weighted by atomic mass is 10.2. The predicted octanol–water partition coefficient (Wildman–Crippen LogP) is 2.77. The number of halogens is 1. The molecule has 0 aliphatic heterocycles. The lowest BCUT2D eigenvalue weighted by Gasteiger charge is -2.12. The highest BCUT2D eigenvalue weighted by atomic mass is 35.5. The van der Waals surface area contributed by atoms with Crippen LogP contribution in [0, 0.1) is 0 Å². The Labute approximate surface area is 137 Å². The van der Waals surface area contributed by atoms with Gasteiger partial charge in [-0.15, -0.1) is 12.4 Å². The van der Waals surface area contributed by atoms with Crippen LogP contribution >= 0.6 is 12.4 Å². The Bertz CT molecular complexity index is 591. The molecule has 2 aromatic heterocycles. The molecule has 0 unspecified atom stereocenters. The smallest absolute Gasteiger partial charge is 0.165 e. The molecule has 22 heavy (non-hydrogen) atoms. The zero-order valence-corrected chi connectivity index (χ0v) is 14.1. The van der Waals surface area contributed by atoms with Crippen molar-refractivity contribution in [3.05, 3.63) is 12.7 Å². The summed E-state index contributed by atoms with van der Waals surface area (Å²) < 4.78 is 2.22. The van der Waals surface area contributed by atoms with Gasteiger partial charge in [0.15, 0.2) is 11.5 Å². The van der Waals surface area contributed by atoms with Gasteiger partial charge in [0.25, 0.3) is 0 Å². The number of anilines is 1. The fourth-order valence-electron chi connectivity index (χ4n) is 2.97. The number of nitrogens with zero attached hydrogens (tertiary/aromatic N) is 4. The molecule has 0 atom stereocenters. The van der Waals surface area contributed by atoms with Crippen LogP contribution in [0.1, 0.15) is 45.6 Å². The Morgan fingerprint density at radius 3 is 2.68 bits per heavy atom. The van der Waals surface area contributed by atoms with Gasteiger partial charge in [0.05, 0.1) is 6.33 Å². The zero-order chi connectivity index (χ0) is 14.7. The first-order chi connectivity index (χ1) is 10.3. The minimum atomic E-state index is 0. The maximum atomic E-state index is 4.53. The first-order valence-electron chi connectivity index (χ1n) is 7.90. The summed E-state index contributed by atoms with van der Waals surface area (Å²) in [6, 6.07) is 1.05. The Morgan fingerprint density at radius 2 is 1.95 bits per heavy atom. The second-order valence-corrected chi connectivity index (χ2v) is 6.02. The second-order valence-electron chi connectivity index (χ2n) is 6.02. The van der Waals surface area contributed by atoms with E-state index in [0.717, 1.165) is 30.1 Å². The van der Waals surface area contributed by atoms with E-state index in [2.05, 4.69) is 44.0 Å². The molecule has 1 saturated carbocycles. The summed E-state index contributed by atoms with van der Waals surface area (Å²) >= 11 is 0. The highest BCUT2D eigenvalue weighted by Crippen LogP contribution is 2.32. The van der Waals surface area contributed by atoms with Crippen LogP contribution in [0.2, 0.25) is 0 Å². The Hall–Kier alpha value is -1.40. The number of aromatic nitrogens is 4. The van der Waals surface area contributed by atoms with Crippen LogP contribution < -0.4 is 10.6 Å². The number of fused-ring (bicyclic) bond motifs is 1. The summed E-state index contributed by atoms with van der Waals surface area (Å²) in [7, 11) is 0. The molecule has 0 spiro atoms. The topological polar surface area (TPSA) is 67.7 Å². The number of rotatable bonds is 6. The molecule has 1 aliphatic carbocycles. The third-order valence-corrected chi connectivity index (χ3v) is 4.05. The molecule has 3 rings (SSSR count). The van der Waals surface area contributed by atoms with Gasteiger partial charge in [0, 0.05) is 25.2 Å². The number of imidazole rings is 1. The van der Waals surface area contributed by atoms with Crippen LogP contribution in [-0.2, 0) is 0 Å². The van der Waals surface area contributed by atoms with Crippen molar-refractivity contribution in [1.29, 1.82) is 0 Å². The third-order valence-electron chi connectivity index (χ3n) is 4.05. The monoisotopic (exact) mass is 324 g/mol. The van der Waals surface area contributed by atoms with Gasteiger partial charge in [-0.3, -0.25) is 0 Å². The van der Waals surface area contributed by atoms with E-state index in [1.807, 2.05) is 6.33 Å². The van der Waals surface area contributed by atoms with Crippen LogP contribution in [0.5, 0.6) is 0 Å². The highest BCUT2D eigenvalue weighted by Gasteiger charge is 2.20. The average molecular weight is 325 g/mol. The van der Waals surface area contributed by atoms with Gasteiger partial charge in [-0.25, -0.2) is 15.0 Å². The maximum absolute atomic E-state index is 4.53. The number of hydrogen-bond donors (Lipinski definition) is 2. The highest BCUT2D eigenvalue weighted by molar-refractivity contribution is 5.85. The van der Waals surface area contributed by atoms with Crippen molar-refractivity contribution in [3.8, 4) is 0 Å². The van der Waals surface area contributed by atoms with Gasteiger partial charge in [0.2, 0.25) is 0 Å². The lowest BCUT2D eigenvalue weighted by Crippen LogP contribution is -2.28. The molecule has 1 aliphatic rings. The zero-order valence-electron chi connectivity index (χ0n) is 13.2. The quantitative estimate of drug-likeness (QED) is 0.800. The van der Waals surface area contributed by atoms with Crippen LogP contribution in [0.4, 0.5) is 5.82 Å². The fraction of sp³-hybridized carbons (Fsp3) is 0.667. The van der Waals surface area contributed by atoms with Crippen molar-refractivity contribution in [3.63, 3.8) is 0 Å². The van der Waals surface area contributed by atoms with Crippen molar-refractivity contribution in [2.24, 2.45) is 0 Å². The molecule has 6 nitrogen and oxygen atoms in total. The first kappa shape index (κ1) is 17.0. The molecule has 0 amide bonds. The first-order valence-corrected chi connectivity index (χ1v) is 7.90. The van der Waals surface area contributed by atoms with E-state index in [1.54, 1.807) is 6.33 Å². The van der Waals surface area contributed by atoms with E-state index in [0.29, 0.717) is 12.1 Å². The summed E-state index contributed by atoms with van der Waals surface area (Å²) in [5.74, 6) is 0.835. The Kier molecular flexibility index (Phi) is 5.97. The van der Waals surface area contributed by atoms with Crippen molar-refractivity contribution in [1.82, 2.24) is 24.8 Å². The van der Waals surface area contributed by atoms with Crippen LogP contribution in [0.25, 0.3) is 11.2 Å². The van der Waals surface area contributed by atoms with Crippen LogP contribution in [-0.4, -0.2) is 38.7 Å². The molecular formula is C15H25ClN6. The van der Waals surface area contributed by atoms with Crippen molar-refractivity contribution >= 4 is 29.4 Å². The van der Waals surface area contributed by atoms with E-state index in [1.165, 1.54) is 25.7 Å². The van der Waals surface area contributed by atoms with Crippen molar-refractivity contribution in [2.75, 3.05) is 18.4 Å². The maximum Gasteiger partial charge on any atom is 0.165 e. The molecule has 1 fully saturated rings. The van der Waals surface area contributed by atoms with E-state index in [9.17, 15) is 0 Å². The summed E-state index contributed by atoms with van der Waals surface area (Å²) in [5, 5.41) is 6.74. The van der Waals surface area contributed by atoms with Gasteiger partial charge in [-0.2, -0.15) is 0 Å². The largest absolute Gasteiger partial charge is 0.367 e. The molecular weight excluding hydrogens is 300 g/mol. The minimum Gasteiger partial charge on any atom is -0.367 e. The van der Waals surface area contributed by atoms with Crippen molar-refractivity contribution < 1.29 is 0 Å². The van der Waals surface area contributed by atoms with Crippen LogP contribution in [0.3, 0.4) is 0 Å². The molecule has 7 heteroatoms. The van der Waals surface area contributed by atoms with Gasteiger partial charge >= 0.3 is 0 Å². The van der Waals surface area contributed by atoms with Gasteiger partial charge < -0.3 is 15.2 Å². The Balaban J connectivity index is 0.00000176. The van der Waals surface area contributed by atoms with E-state index in [4.69, 9.17) is 0 Å². The summed E-state index contributed by atoms with van der Waals surface area (Å²) in [5.41, 5.74) is 1.84. The van der Waals surface area contributed by atoms with Gasteiger partial charge in [-0.1, -0.05) is 26.7 Å². The summed E-state index contributed by atoms with van der Waals surface area (Å²) in [6.07, 6.45) is 8.64. The summed E-state index contributed by atoms with van der Waals surface area (Å²) in [4.78, 5) is 13.3. The normalized spacial score (nSPS) is 15.4. The molecule has 122 valence electrons. The van der Waals surface area contributed by atoms with Gasteiger partial charge in [0.1, 0.15) is 11.8 Å². The average Bonchev–Trinajstić information content (AvgIpc) is 3.11. The molecule has 0 aromatic carbocycles. The van der Waals surface area contributed by atoms with E-state index in [-0.39, 0.29) is 12.4 Å². The number of hydrogen-bond acceptors (Lipinski definition) is 5.